The number of aliphatic hydroxyl groups excluding tert-OH is 1. The number of nitrogens with one attached hydrogen (secondary N) is 3. The summed E-state index contributed by atoms with van der Waals surface area (Å²) in [5, 5.41) is 19.3. The molecule has 2 aliphatic heterocycles. The lowest BCUT2D eigenvalue weighted by atomic mass is 9.93. The predicted octanol–water partition coefficient (Wildman–Crippen LogP) is 5.09. The van der Waals surface area contributed by atoms with Crippen LogP contribution in [0.5, 0.6) is 0 Å². The summed E-state index contributed by atoms with van der Waals surface area (Å²) in [7, 11) is 0. The molecule has 2 unspecified atom stereocenters. The lowest BCUT2D eigenvalue weighted by Gasteiger charge is -2.36. The van der Waals surface area contributed by atoms with Gasteiger partial charge >= 0.3 is 0 Å². The van der Waals surface area contributed by atoms with Crippen LogP contribution in [0, 0.1) is 0 Å². The molecule has 0 radical (unpaired) electrons. The molecule has 3 aromatic rings. The second kappa shape index (κ2) is 11.9. The maximum atomic E-state index is 14.0. The van der Waals surface area contributed by atoms with Crippen molar-refractivity contribution in [2.75, 3.05) is 23.6 Å². The van der Waals surface area contributed by atoms with Gasteiger partial charge in [0.15, 0.2) is 0 Å². The zero-order valence-electron chi connectivity index (χ0n) is 23.5. The summed E-state index contributed by atoms with van der Waals surface area (Å²) in [5.74, 6) is 0.701. The van der Waals surface area contributed by atoms with Crippen molar-refractivity contribution < 1.29 is 14.6 Å². The molecule has 4 N–H and O–H groups in total. The van der Waals surface area contributed by atoms with Crippen LogP contribution in [0.2, 0.25) is 0 Å². The first-order valence-corrected chi connectivity index (χ1v) is 15.2. The van der Waals surface area contributed by atoms with E-state index in [1.807, 2.05) is 36.4 Å². The third kappa shape index (κ3) is 6.30. The molecule has 3 heterocycles. The largest absolute Gasteiger partial charge is 0.390 e. The lowest BCUT2D eigenvalue weighted by molar-refractivity contribution is -0.0641. The van der Waals surface area contributed by atoms with E-state index in [9.17, 15) is 9.90 Å². The molecule has 5 rings (SSSR count). The fraction of sp³-hybridized carbons (Fsp3) is 0.516. The van der Waals surface area contributed by atoms with Gasteiger partial charge in [0.05, 0.1) is 29.0 Å². The number of hydrogen-bond donors (Lipinski definition) is 4. The van der Waals surface area contributed by atoms with Crippen LogP contribution in [0.25, 0.3) is 10.9 Å². The molecule has 1 amide bonds. The summed E-state index contributed by atoms with van der Waals surface area (Å²) < 4.78 is 11.5. The van der Waals surface area contributed by atoms with Gasteiger partial charge in [0.1, 0.15) is 5.69 Å². The van der Waals surface area contributed by atoms with Gasteiger partial charge in [-0.2, -0.15) is 0 Å². The summed E-state index contributed by atoms with van der Waals surface area (Å²) in [4.78, 5) is 14.0. The Bertz CT molecular complexity index is 1290. The predicted molar refractivity (Wildman–Crippen MR) is 161 cm³/mol. The fourth-order valence-electron chi connectivity index (χ4n) is 5.96. The van der Waals surface area contributed by atoms with Crippen LogP contribution in [0.15, 0.2) is 48.5 Å². The Kier molecular flexibility index (Phi) is 8.57. The van der Waals surface area contributed by atoms with Gasteiger partial charge in [0, 0.05) is 36.4 Å². The molecule has 4 atom stereocenters. The average Bonchev–Trinajstić information content (AvgIpc) is 3.24. The van der Waals surface area contributed by atoms with E-state index in [0.29, 0.717) is 25.3 Å². The van der Waals surface area contributed by atoms with Crippen molar-refractivity contribution in [1.82, 2.24) is 15.2 Å². The van der Waals surface area contributed by atoms with Gasteiger partial charge < -0.3 is 29.8 Å². The van der Waals surface area contributed by atoms with Gasteiger partial charge in [-0.1, -0.05) is 55.3 Å². The number of aromatic nitrogens is 1. The average molecular weight is 551 g/mol. The van der Waals surface area contributed by atoms with Crippen molar-refractivity contribution in [1.29, 1.82) is 0 Å². The topological polar surface area (TPSA) is 87.6 Å². The summed E-state index contributed by atoms with van der Waals surface area (Å²) in [5.41, 5.74) is 4.91. The van der Waals surface area contributed by atoms with Gasteiger partial charge in [0.2, 0.25) is 0 Å². The van der Waals surface area contributed by atoms with Crippen LogP contribution in [-0.2, 0) is 17.6 Å². The minimum Gasteiger partial charge on any atom is -0.390 e. The fourth-order valence-corrected chi connectivity index (χ4v) is 6.76. The molecular formula is C31H42N4O3S. The van der Waals surface area contributed by atoms with Crippen molar-refractivity contribution in [2.24, 2.45) is 0 Å². The van der Waals surface area contributed by atoms with Gasteiger partial charge in [-0.05, 0) is 69.7 Å². The smallest absolute Gasteiger partial charge is 0.268 e. The molecule has 1 saturated heterocycles. The van der Waals surface area contributed by atoms with E-state index in [1.165, 1.54) is 5.56 Å². The first kappa shape index (κ1) is 28.0. The number of carbonyl (C=O) groups is 1. The molecule has 2 aromatic carbocycles. The van der Waals surface area contributed by atoms with E-state index in [0.717, 1.165) is 47.2 Å². The maximum absolute atomic E-state index is 14.0. The normalized spacial score (nSPS) is 22.1. The van der Waals surface area contributed by atoms with E-state index < -0.39 is 12.1 Å². The molecule has 1 fully saturated rings. The Labute approximate surface area is 236 Å². The molecule has 8 heteroatoms. The number of anilines is 1. The zero-order valence-corrected chi connectivity index (χ0v) is 24.3. The first-order valence-electron chi connectivity index (χ1n) is 14.2. The van der Waals surface area contributed by atoms with Crippen molar-refractivity contribution in [3.8, 4) is 0 Å². The quantitative estimate of drug-likeness (QED) is 0.278. The van der Waals surface area contributed by atoms with Crippen LogP contribution < -0.4 is 15.4 Å². The number of hydrogen-bond acceptors (Lipinski definition) is 6. The minimum absolute atomic E-state index is 0.144. The van der Waals surface area contributed by atoms with E-state index in [4.69, 9.17) is 4.74 Å². The van der Waals surface area contributed by atoms with Crippen LogP contribution in [-0.4, -0.2) is 58.3 Å². The number of ether oxygens (including phenoxy) is 1. The number of aryl methyl sites for hydroxylation is 1. The molecule has 39 heavy (non-hydrogen) atoms. The molecule has 0 bridgehead atoms. The highest BCUT2D eigenvalue weighted by Crippen LogP contribution is 2.37. The summed E-state index contributed by atoms with van der Waals surface area (Å²) in [6.07, 6.45) is 2.50. The Morgan fingerprint density at radius 3 is 2.79 bits per heavy atom. The van der Waals surface area contributed by atoms with Gasteiger partial charge in [-0.25, -0.2) is 0 Å². The SMILES string of the molecule is CCc1ccc2c3c1cc(C(=O)N[C@@H](Cc1ccccc1)[C@H](O)CNC1CCOC(C)(C)C1)n3C(C)CSN2. The van der Waals surface area contributed by atoms with Crippen molar-refractivity contribution in [3.05, 3.63) is 65.4 Å². The van der Waals surface area contributed by atoms with Crippen molar-refractivity contribution >= 4 is 34.4 Å². The first-order chi connectivity index (χ1) is 18.8. The van der Waals surface area contributed by atoms with Gasteiger partial charge in [0.25, 0.3) is 5.91 Å². The number of rotatable bonds is 9. The van der Waals surface area contributed by atoms with E-state index in [-0.39, 0.29) is 23.6 Å². The van der Waals surface area contributed by atoms with Gasteiger partial charge in [-0.3, -0.25) is 4.79 Å². The van der Waals surface area contributed by atoms with E-state index >= 15 is 0 Å². The molecule has 210 valence electrons. The van der Waals surface area contributed by atoms with Gasteiger partial charge in [-0.15, -0.1) is 0 Å². The number of aliphatic hydroxyl groups is 1. The van der Waals surface area contributed by atoms with E-state index in [2.05, 4.69) is 59.8 Å². The second-order valence-electron chi connectivity index (χ2n) is 11.6. The van der Waals surface area contributed by atoms with Crippen LogP contribution in [0.1, 0.15) is 68.2 Å². The molecule has 0 spiro atoms. The maximum Gasteiger partial charge on any atom is 0.268 e. The van der Waals surface area contributed by atoms with Crippen LogP contribution >= 0.6 is 11.9 Å². The Morgan fingerprint density at radius 1 is 1.26 bits per heavy atom. The number of amides is 1. The third-order valence-electron chi connectivity index (χ3n) is 8.04. The summed E-state index contributed by atoms with van der Waals surface area (Å²) >= 11 is 1.67. The molecule has 7 nitrogen and oxygen atoms in total. The Balaban J connectivity index is 1.40. The van der Waals surface area contributed by atoms with E-state index in [1.54, 1.807) is 11.9 Å². The highest BCUT2D eigenvalue weighted by molar-refractivity contribution is 8.00. The number of nitrogens with zero attached hydrogens (tertiary/aromatic N) is 1. The summed E-state index contributed by atoms with van der Waals surface area (Å²) in [6.45, 7) is 9.64. The monoisotopic (exact) mass is 550 g/mol. The van der Waals surface area contributed by atoms with Crippen molar-refractivity contribution in [3.63, 3.8) is 0 Å². The highest BCUT2D eigenvalue weighted by atomic mass is 32.2. The Morgan fingerprint density at radius 2 is 2.05 bits per heavy atom. The molecule has 1 aromatic heterocycles. The molecule has 2 aliphatic rings. The molecule has 0 saturated carbocycles. The van der Waals surface area contributed by atoms with Crippen LogP contribution in [0.4, 0.5) is 5.69 Å². The second-order valence-corrected chi connectivity index (χ2v) is 12.4. The lowest BCUT2D eigenvalue weighted by Crippen LogP contribution is -2.52. The molecular weight excluding hydrogens is 508 g/mol. The third-order valence-corrected chi connectivity index (χ3v) is 9.06. The van der Waals surface area contributed by atoms with Crippen molar-refractivity contribution in [2.45, 2.75) is 83.2 Å². The van der Waals surface area contributed by atoms with Crippen LogP contribution in [0.3, 0.4) is 0 Å². The number of carbonyl (C=O) groups excluding carboxylic acids is 1. The molecule has 0 aliphatic carbocycles. The Hall–Kier alpha value is -2.52. The zero-order chi connectivity index (χ0) is 27.6. The standard InChI is InChI=1S/C31H42N4O3S/c1-5-22-11-12-25-29-24(22)16-27(35(29)20(2)19-39-34-25)30(37)33-26(15-21-9-7-6-8-10-21)28(36)18-32-23-13-14-38-31(3,4)17-23/h6-12,16,20,23,26,28,32,34,36H,5,13-15,17-19H2,1-4H3,(H,33,37)/t20?,23?,26-,28+/m0/s1. The minimum atomic E-state index is -0.745. The number of benzene rings is 2. The highest BCUT2D eigenvalue weighted by Gasteiger charge is 2.31. The summed E-state index contributed by atoms with van der Waals surface area (Å²) in [6, 6.07) is 16.4.